The second-order valence-corrected chi connectivity index (χ2v) is 5.43. The number of carbonyl (C=O) groups excluding carboxylic acids is 1. The lowest BCUT2D eigenvalue weighted by atomic mass is 9.97. The molecule has 0 aromatic heterocycles. The Morgan fingerprint density at radius 3 is 2.65 bits per heavy atom. The van der Waals surface area contributed by atoms with E-state index in [1.165, 1.54) is 17.9 Å². The second-order valence-electron chi connectivity index (χ2n) is 5.43. The lowest BCUT2D eigenvalue weighted by Gasteiger charge is -2.27. The van der Waals surface area contributed by atoms with Gasteiger partial charge in [-0.15, -0.1) is 0 Å². The molecule has 1 saturated heterocycles. The van der Waals surface area contributed by atoms with Gasteiger partial charge in [0.15, 0.2) is 0 Å². The van der Waals surface area contributed by atoms with Crippen molar-refractivity contribution in [3.63, 3.8) is 0 Å². The minimum Gasteiger partial charge on any atom is -0.341 e. The van der Waals surface area contributed by atoms with Crippen LogP contribution >= 0.6 is 0 Å². The van der Waals surface area contributed by atoms with E-state index in [0.717, 1.165) is 32.0 Å². The van der Waals surface area contributed by atoms with Gasteiger partial charge >= 0.3 is 0 Å². The minimum absolute atomic E-state index is 0.282. The summed E-state index contributed by atoms with van der Waals surface area (Å²) >= 11 is 0. The number of carbonyl (C=O) groups is 1. The Hall–Kier alpha value is -1.49. The fourth-order valence-electron chi connectivity index (χ4n) is 2.58. The van der Waals surface area contributed by atoms with Gasteiger partial charge in [-0.25, -0.2) is 8.78 Å². The molecule has 1 amide bonds. The molecule has 0 spiro atoms. The summed E-state index contributed by atoms with van der Waals surface area (Å²) in [4.78, 5) is 13.7. The predicted octanol–water partition coefficient (Wildman–Crippen LogP) is 2.34. The number of halogens is 2. The molecule has 3 nitrogen and oxygen atoms in total. The normalized spacial score (nSPS) is 16.2. The number of nitrogens with zero attached hydrogens (tertiary/aromatic N) is 1. The number of rotatable bonds is 3. The molecule has 110 valence electrons. The highest BCUT2D eigenvalue weighted by atomic mass is 19.1. The van der Waals surface area contributed by atoms with E-state index >= 15 is 0 Å². The van der Waals surface area contributed by atoms with Gasteiger partial charge < -0.3 is 10.2 Å². The summed E-state index contributed by atoms with van der Waals surface area (Å²) in [6, 6.07) is 2.48. The van der Waals surface area contributed by atoms with E-state index in [1.807, 2.05) is 0 Å². The van der Waals surface area contributed by atoms with Crippen LogP contribution in [-0.2, 0) is 0 Å². The quantitative estimate of drug-likeness (QED) is 0.923. The third kappa shape index (κ3) is 3.15. The highest BCUT2D eigenvalue weighted by molar-refractivity contribution is 5.94. The van der Waals surface area contributed by atoms with Crippen molar-refractivity contribution < 1.29 is 13.6 Å². The van der Waals surface area contributed by atoms with Crippen molar-refractivity contribution in [1.29, 1.82) is 0 Å². The molecule has 0 unspecified atom stereocenters. The van der Waals surface area contributed by atoms with Gasteiger partial charge in [-0.2, -0.15) is 0 Å². The van der Waals surface area contributed by atoms with Gasteiger partial charge in [-0.1, -0.05) is 6.07 Å². The number of benzene rings is 1. The van der Waals surface area contributed by atoms with Crippen LogP contribution in [0.1, 0.15) is 28.8 Å². The lowest BCUT2D eigenvalue weighted by Crippen LogP contribution is -2.37. The predicted molar refractivity (Wildman–Crippen MR) is 73.6 cm³/mol. The van der Waals surface area contributed by atoms with Gasteiger partial charge in [0.2, 0.25) is 0 Å². The Labute approximate surface area is 118 Å². The first-order valence-electron chi connectivity index (χ1n) is 6.91. The van der Waals surface area contributed by atoms with Crippen LogP contribution in [0.15, 0.2) is 12.1 Å². The Morgan fingerprint density at radius 2 is 2.00 bits per heavy atom. The Balaban J connectivity index is 2.12. The molecule has 1 aliphatic heterocycles. The summed E-state index contributed by atoms with van der Waals surface area (Å²) in [7, 11) is 1.60. The van der Waals surface area contributed by atoms with Crippen LogP contribution in [0.2, 0.25) is 0 Å². The van der Waals surface area contributed by atoms with Crippen molar-refractivity contribution in [2.75, 3.05) is 26.7 Å². The van der Waals surface area contributed by atoms with Crippen molar-refractivity contribution in [2.45, 2.75) is 19.8 Å². The molecule has 1 fully saturated rings. The molecule has 0 radical (unpaired) electrons. The van der Waals surface area contributed by atoms with Crippen LogP contribution in [0.3, 0.4) is 0 Å². The van der Waals surface area contributed by atoms with Crippen molar-refractivity contribution in [3.8, 4) is 0 Å². The van der Waals surface area contributed by atoms with Gasteiger partial charge in [0.05, 0.1) is 0 Å². The smallest absolute Gasteiger partial charge is 0.259 e. The molecular formula is C15H20F2N2O. The Morgan fingerprint density at radius 1 is 1.35 bits per heavy atom. The van der Waals surface area contributed by atoms with E-state index in [0.29, 0.717) is 12.5 Å². The summed E-state index contributed by atoms with van der Waals surface area (Å²) in [6.07, 6.45) is 1.97. The molecule has 1 N–H and O–H groups in total. The molecule has 1 aliphatic rings. The molecule has 20 heavy (non-hydrogen) atoms. The number of piperidine rings is 1. The van der Waals surface area contributed by atoms with E-state index in [-0.39, 0.29) is 5.56 Å². The average Bonchev–Trinajstić information content (AvgIpc) is 2.44. The van der Waals surface area contributed by atoms with E-state index in [1.54, 1.807) is 7.05 Å². The van der Waals surface area contributed by atoms with E-state index < -0.39 is 23.1 Å². The number of aryl methyl sites for hydroxylation is 1. The van der Waals surface area contributed by atoms with Crippen LogP contribution in [0.25, 0.3) is 0 Å². The summed E-state index contributed by atoms with van der Waals surface area (Å²) < 4.78 is 27.7. The van der Waals surface area contributed by atoms with Crippen LogP contribution in [0.4, 0.5) is 8.78 Å². The zero-order valence-electron chi connectivity index (χ0n) is 11.9. The molecule has 5 heteroatoms. The van der Waals surface area contributed by atoms with Gasteiger partial charge in [-0.3, -0.25) is 4.79 Å². The van der Waals surface area contributed by atoms with Crippen LogP contribution < -0.4 is 5.32 Å². The first-order chi connectivity index (χ1) is 9.50. The summed E-state index contributed by atoms with van der Waals surface area (Å²) in [6.45, 7) is 3.92. The fourth-order valence-corrected chi connectivity index (χ4v) is 2.58. The first-order valence-corrected chi connectivity index (χ1v) is 6.91. The zero-order chi connectivity index (χ0) is 14.7. The largest absolute Gasteiger partial charge is 0.341 e. The van der Waals surface area contributed by atoms with Crippen molar-refractivity contribution in [1.82, 2.24) is 10.2 Å². The average molecular weight is 282 g/mol. The zero-order valence-corrected chi connectivity index (χ0v) is 11.9. The van der Waals surface area contributed by atoms with E-state index in [2.05, 4.69) is 5.32 Å². The van der Waals surface area contributed by atoms with Gasteiger partial charge in [0.1, 0.15) is 17.2 Å². The van der Waals surface area contributed by atoms with Crippen molar-refractivity contribution in [3.05, 3.63) is 34.9 Å². The topological polar surface area (TPSA) is 32.3 Å². The first kappa shape index (κ1) is 14.9. The monoisotopic (exact) mass is 282 g/mol. The van der Waals surface area contributed by atoms with Crippen LogP contribution in [0, 0.1) is 24.5 Å². The van der Waals surface area contributed by atoms with Gasteiger partial charge in [0, 0.05) is 13.6 Å². The van der Waals surface area contributed by atoms with E-state index in [4.69, 9.17) is 0 Å². The minimum atomic E-state index is -0.796. The van der Waals surface area contributed by atoms with Crippen molar-refractivity contribution >= 4 is 5.91 Å². The Kier molecular flexibility index (Phi) is 4.70. The van der Waals surface area contributed by atoms with Gasteiger partial charge in [-0.05, 0) is 50.4 Å². The van der Waals surface area contributed by atoms with Gasteiger partial charge in [0.25, 0.3) is 5.91 Å². The summed E-state index contributed by atoms with van der Waals surface area (Å²) in [5.74, 6) is -1.74. The third-order valence-electron chi connectivity index (χ3n) is 3.84. The fraction of sp³-hybridized carbons (Fsp3) is 0.533. The molecule has 0 atom stereocenters. The molecule has 0 aliphatic carbocycles. The van der Waals surface area contributed by atoms with Crippen molar-refractivity contribution in [2.24, 2.45) is 5.92 Å². The molecule has 1 aromatic rings. The number of hydrogen-bond donors (Lipinski definition) is 1. The maximum absolute atomic E-state index is 14.0. The number of amides is 1. The molecule has 0 bridgehead atoms. The molecule has 0 saturated carbocycles. The summed E-state index contributed by atoms with van der Waals surface area (Å²) in [5.41, 5.74) is -0.161. The van der Waals surface area contributed by atoms with Crippen LogP contribution in [-0.4, -0.2) is 37.5 Å². The third-order valence-corrected chi connectivity index (χ3v) is 3.84. The SMILES string of the molecule is Cc1ccc(F)c(C(=O)N(C)CC2CCNCC2)c1F. The standard InChI is InChI=1S/C15H20F2N2O/c1-10-3-4-12(16)13(14(10)17)15(20)19(2)9-11-5-7-18-8-6-11/h3-4,11,18H,5-9H2,1-2H3. The highest BCUT2D eigenvalue weighted by Crippen LogP contribution is 2.20. The highest BCUT2D eigenvalue weighted by Gasteiger charge is 2.24. The lowest BCUT2D eigenvalue weighted by molar-refractivity contribution is 0.0753. The number of nitrogens with one attached hydrogen (secondary N) is 1. The molecule has 2 rings (SSSR count). The second kappa shape index (κ2) is 6.31. The molecular weight excluding hydrogens is 262 g/mol. The number of hydrogen-bond acceptors (Lipinski definition) is 2. The Bertz CT molecular complexity index is 499. The van der Waals surface area contributed by atoms with Crippen LogP contribution in [0.5, 0.6) is 0 Å². The molecule has 1 heterocycles. The maximum Gasteiger partial charge on any atom is 0.259 e. The maximum atomic E-state index is 14.0. The van der Waals surface area contributed by atoms with E-state index in [9.17, 15) is 13.6 Å². The molecule has 1 aromatic carbocycles. The summed E-state index contributed by atoms with van der Waals surface area (Å²) in [5, 5.41) is 3.25.